The molecule has 1 unspecified atom stereocenters. The van der Waals surface area contributed by atoms with E-state index < -0.39 is 61.0 Å². The second-order valence-corrected chi connectivity index (χ2v) is 13.0. The third kappa shape index (κ3) is 4.51. The largest absolute Gasteiger partial charge is 0.425 e. The minimum absolute atomic E-state index is 0.802. The Morgan fingerprint density at radius 1 is 1.00 bits per heavy atom. The van der Waals surface area contributed by atoms with Crippen LogP contribution in [0.25, 0.3) is 0 Å². The van der Waals surface area contributed by atoms with E-state index in [1.165, 1.54) is 0 Å². The first kappa shape index (κ1) is 14.7. The van der Waals surface area contributed by atoms with Crippen LogP contribution in [-0.4, -0.2) is 61.0 Å². The van der Waals surface area contributed by atoms with E-state index in [1.54, 1.807) is 0 Å². The van der Waals surface area contributed by atoms with Crippen molar-refractivity contribution in [3.8, 4) is 0 Å². The van der Waals surface area contributed by atoms with Gasteiger partial charge in [-0.15, -0.1) is 0 Å². The lowest BCUT2D eigenvalue weighted by molar-refractivity contribution is -0.0157. The van der Waals surface area contributed by atoms with Gasteiger partial charge < -0.3 is 20.6 Å². The van der Waals surface area contributed by atoms with E-state index in [2.05, 4.69) is 0 Å². The molecule has 96 valence electrons. The number of halogens is 3. The molecule has 0 N–H and O–H groups in total. The fraction of sp³-hybridized carbons (Fsp3) is 1.00. The molecule has 1 rings (SSSR count). The van der Waals surface area contributed by atoms with E-state index in [1.807, 2.05) is 0 Å². The van der Waals surface area contributed by atoms with Crippen LogP contribution in [0.2, 0.25) is 0 Å². The summed E-state index contributed by atoms with van der Waals surface area (Å²) >= 11 is 0. The summed E-state index contributed by atoms with van der Waals surface area (Å²) < 4.78 is 64.4. The van der Waals surface area contributed by atoms with Crippen molar-refractivity contribution in [2.45, 2.75) is 18.6 Å². The van der Waals surface area contributed by atoms with Gasteiger partial charge in [-0.05, 0) is 6.92 Å². The summed E-state index contributed by atoms with van der Waals surface area (Å²) in [5.74, 6) is 0. The Labute approximate surface area is 102 Å². The highest BCUT2D eigenvalue weighted by molar-refractivity contribution is 6.61. The maximum atomic E-state index is 13.3. The lowest BCUT2D eigenvalue weighted by Gasteiger charge is -2.27. The van der Waals surface area contributed by atoms with Crippen LogP contribution in [0.5, 0.6) is 0 Å². The molecule has 1 aliphatic heterocycles. The molecule has 0 aromatic carbocycles. The van der Waals surface area contributed by atoms with Crippen LogP contribution in [0.15, 0.2) is 0 Å². The van der Waals surface area contributed by atoms with Gasteiger partial charge in [0, 0.05) is 0 Å². The van der Waals surface area contributed by atoms with E-state index >= 15 is 0 Å². The van der Waals surface area contributed by atoms with Crippen LogP contribution in [0, 0.1) is 0 Å². The fourth-order valence-corrected chi connectivity index (χ4v) is 11.7. The Bertz CT molecular complexity index is 200. The van der Waals surface area contributed by atoms with Gasteiger partial charge in [-0.25, -0.2) is 13.2 Å². The average Bonchev–Trinajstić information content (AvgIpc) is 2.25. The van der Waals surface area contributed by atoms with Crippen molar-refractivity contribution in [1.82, 2.24) is 0 Å². The molecule has 5 nitrogen and oxygen atoms in total. The van der Waals surface area contributed by atoms with Crippen molar-refractivity contribution in [3.63, 3.8) is 0 Å². The first-order valence-corrected chi connectivity index (χ1v) is 10.7. The van der Waals surface area contributed by atoms with Gasteiger partial charge in [0.2, 0.25) is 0 Å². The number of hydrogen-bond donors (Lipinski definition) is 0. The molecule has 13 heteroatoms. The van der Waals surface area contributed by atoms with Gasteiger partial charge in [0.1, 0.15) is 0 Å². The first-order valence-electron chi connectivity index (χ1n) is 4.53. The Balaban J connectivity index is 2.53. The van der Waals surface area contributed by atoms with Crippen LogP contribution in [-0.2, 0) is 20.6 Å². The summed E-state index contributed by atoms with van der Waals surface area (Å²) in [6.45, 7) is 0.802. The van der Waals surface area contributed by atoms with Crippen molar-refractivity contribution < 1.29 is 33.7 Å². The normalized spacial score (nSPS) is 33.4. The zero-order valence-corrected chi connectivity index (χ0v) is 15.5. The summed E-state index contributed by atoms with van der Waals surface area (Å²) in [4.78, 5) is 0. The van der Waals surface area contributed by atoms with E-state index in [0.29, 0.717) is 0 Å². The zero-order chi connectivity index (χ0) is 12.0. The van der Waals surface area contributed by atoms with Crippen LogP contribution in [0.4, 0.5) is 13.2 Å². The smallest absolute Gasteiger partial charge is 0.383 e. The van der Waals surface area contributed by atoms with E-state index in [4.69, 9.17) is 20.6 Å². The standard InChI is InChI=1S/C3H13F3O5Si5/c1-2(4)3(5,6)16-10-14-8-12-7-13-9-15-11-16/h2,16H,12-15H2,1H3. The molecule has 0 saturated carbocycles. The van der Waals surface area contributed by atoms with Gasteiger partial charge >= 0.3 is 14.8 Å². The second-order valence-electron chi connectivity index (χ2n) is 3.04. The van der Waals surface area contributed by atoms with Crippen LogP contribution in [0.3, 0.4) is 0 Å². The minimum Gasteiger partial charge on any atom is -0.425 e. The minimum atomic E-state index is -3.53. The molecular formula is C3H13F3O5Si5. The van der Waals surface area contributed by atoms with Crippen molar-refractivity contribution >= 4 is 49.3 Å². The third-order valence-corrected chi connectivity index (χ3v) is 10.4. The van der Waals surface area contributed by atoms with E-state index in [-0.39, 0.29) is 0 Å². The number of rotatable bonds is 2. The van der Waals surface area contributed by atoms with Crippen molar-refractivity contribution in [2.24, 2.45) is 0 Å². The molecule has 0 spiro atoms. The summed E-state index contributed by atoms with van der Waals surface area (Å²) in [5.41, 5.74) is -3.53. The highest BCUT2D eigenvalue weighted by Crippen LogP contribution is 2.25. The molecule has 0 aliphatic carbocycles. The quantitative estimate of drug-likeness (QED) is 0.501. The molecule has 0 bridgehead atoms. The van der Waals surface area contributed by atoms with Gasteiger partial charge in [0.15, 0.2) is 6.17 Å². The molecule has 1 atom stereocenters. The molecule has 0 aromatic rings. The van der Waals surface area contributed by atoms with Gasteiger partial charge in [-0.1, -0.05) is 0 Å². The summed E-state index contributed by atoms with van der Waals surface area (Å²) in [6.07, 6.45) is -2.28. The fourth-order valence-electron chi connectivity index (χ4n) is 0.898. The summed E-state index contributed by atoms with van der Waals surface area (Å²) in [6, 6.07) is 0. The molecule has 0 amide bonds. The highest BCUT2D eigenvalue weighted by Gasteiger charge is 2.50. The predicted octanol–water partition coefficient (Wildman–Crippen LogP) is -3.17. The summed E-state index contributed by atoms with van der Waals surface area (Å²) in [7, 11) is -8.72. The average molecular weight is 327 g/mol. The van der Waals surface area contributed by atoms with Crippen LogP contribution >= 0.6 is 0 Å². The van der Waals surface area contributed by atoms with Crippen molar-refractivity contribution in [2.75, 3.05) is 0 Å². The van der Waals surface area contributed by atoms with Gasteiger partial charge in [-0.2, -0.15) is 0 Å². The Hall–Kier alpha value is 0.674. The highest BCUT2D eigenvalue weighted by atomic mass is 28.4. The van der Waals surface area contributed by atoms with E-state index in [9.17, 15) is 13.2 Å². The number of hydrogen-bond acceptors (Lipinski definition) is 5. The molecule has 1 aliphatic rings. The summed E-state index contributed by atoms with van der Waals surface area (Å²) in [5, 5.41) is 0. The molecule has 0 radical (unpaired) electrons. The van der Waals surface area contributed by atoms with Crippen LogP contribution in [0.1, 0.15) is 6.92 Å². The molecule has 1 heterocycles. The third-order valence-electron chi connectivity index (χ3n) is 1.78. The lowest BCUT2D eigenvalue weighted by Crippen LogP contribution is -2.51. The van der Waals surface area contributed by atoms with Gasteiger partial charge in [-0.3, -0.25) is 0 Å². The Kier molecular flexibility index (Phi) is 6.62. The Morgan fingerprint density at radius 2 is 1.44 bits per heavy atom. The molecular weight excluding hydrogens is 313 g/mol. The number of alkyl halides is 3. The van der Waals surface area contributed by atoms with Gasteiger partial charge in [0.05, 0.1) is 0 Å². The van der Waals surface area contributed by atoms with Crippen molar-refractivity contribution in [1.29, 1.82) is 0 Å². The van der Waals surface area contributed by atoms with Crippen molar-refractivity contribution in [3.05, 3.63) is 0 Å². The maximum absolute atomic E-state index is 13.3. The topological polar surface area (TPSA) is 46.2 Å². The first-order chi connectivity index (χ1) is 7.55. The van der Waals surface area contributed by atoms with Gasteiger partial charge in [0.25, 0.3) is 40.0 Å². The SMILES string of the molecule is CC(F)C(F)(F)[SiH]1O[SiH2]O[SiH2]O[SiH2]O[SiH2]O1. The Morgan fingerprint density at radius 3 is 1.88 bits per heavy atom. The second kappa shape index (κ2) is 7.18. The van der Waals surface area contributed by atoms with E-state index in [0.717, 1.165) is 6.92 Å². The molecule has 1 fully saturated rings. The molecule has 16 heavy (non-hydrogen) atoms. The predicted molar refractivity (Wildman–Crippen MR) is 62.3 cm³/mol. The molecule has 1 saturated heterocycles. The lowest BCUT2D eigenvalue weighted by atomic mass is 10.5. The van der Waals surface area contributed by atoms with Crippen LogP contribution < -0.4 is 0 Å². The maximum Gasteiger partial charge on any atom is 0.383 e. The monoisotopic (exact) mass is 326 g/mol. The zero-order valence-electron chi connectivity index (χ0n) is 8.66. The molecule has 0 aromatic heterocycles.